The van der Waals surface area contributed by atoms with Gasteiger partial charge in [0.25, 0.3) is 0 Å². The Bertz CT molecular complexity index is 615. The van der Waals surface area contributed by atoms with Crippen LogP contribution in [0.3, 0.4) is 0 Å². The maximum absolute atomic E-state index is 13.8. The molecule has 2 aromatic rings. The zero-order valence-corrected chi connectivity index (χ0v) is 12.9. The van der Waals surface area contributed by atoms with Crippen LogP contribution in [-0.4, -0.2) is 10.5 Å². The number of aromatic nitrogens is 1. The molecule has 0 aliphatic carbocycles. The molecule has 1 heterocycles. The summed E-state index contributed by atoms with van der Waals surface area (Å²) in [5, 5.41) is 3.97. The normalized spacial score (nSPS) is 11.9. The van der Waals surface area contributed by atoms with Crippen LogP contribution in [0.25, 0.3) is 10.6 Å². The van der Waals surface area contributed by atoms with Crippen LogP contribution >= 0.6 is 11.3 Å². The Balaban J connectivity index is 2.26. The third-order valence-corrected chi connectivity index (χ3v) is 4.02. The number of thiazole rings is 1. The summed E-state index contributed by atoms with van der Waals surface area (Å²) in [6.07, 6.45) is 0. The topological polar surface area (TPSA) is 24.9 Å². The number of aryl methyl sites for hydroxylation is 1. The van der Waals surface area contributed by atoms with Crippen molar-refractivity contribution in [2.45, 2.75) is 39.8 Å². The van der Waals surface area contributed by atoms with Gasteiger partial charge in [0, 0.05) is 28.6 Å². The monoisotopic (exact) mass is 296 g/mol. The van der Waals surface area contributed by atoms with E-state index < -0.39 is 11.6 Å². The molecule has 1 aromatic heterocycles. The zero-order chi connectivity index (χ0) is 14.9. The lowest BCUT2D eigenvalue weighted by atomic mass is 10.1. The second kappa shape index (κ2) is 5.58. The molecule has 2 rings (SSSR count). The van der Waals surface area contributed by atoms with Gasteiger partial charge in [-0.05, 0) is 39.8 Å². The van der Waals surface area contributed by atoms with Crippen molar-refractivity contribution in [1.82, 2.24) is 10.3 Å². The Hall–Kier alpha value is -1.33. The first-order valence-electron chi connectivity index (χ1n) is 6.43. The highest BCUT2D eigenvalue weighted by atomic mass is 32.1. The van der Waals surface area contributed by atoms with E-state index in [1.54, 1.807) is 0 Å². The number of halogens is 2. The molecule has 5 heteroatoms. The molecule has 108 valence electrons. The zero-order valence-electron chi connectivity index (χ0n) is 12.1. The molecule has 1 N–H and O–H groups in total. The van der Waals surface area contributed by atoms with E-state index in [0.29, 0.717) is 17.1 Å². The summed E-state index contributed by atoms with van der Waals surface area (Å²) < 4.78 is 26.7. The van der Waals surface area contributed by atoms with Crippen molar-refractivity contribution >= 4 is 11.3 Å². The van der Waals surface area contributed by atoms with Crippen LogP contribution < -0.4 is 5.32 Å². The number of hydrogen-bond acceptors (Lipinski definition) is 3. The minimum absolute atomic E-state index is 0.0116. The van der Waals surface area contributed by atoms with Crippen molar-refractivity contribution in [3.8, 4) is 10.6 Å². The number of hydrogen-bond donors (Lipinski definition) is 1. The molecular weight excluding hydrogens is 278 g/mol. The molecule has 0 aliphatic heterocycles. The fourth-order valence-electron chi connectivity index (χ4n) is 1.72. The van der Waals surface area contributed by atoms with Crippen LogP contribution in [0.15, 0.2) is 18.2 Å². The van der Waals surface area contributed by atoms with Gasteiger partial charge in [-0.25, -0.2) is 13.8 Å². The van der Waals surface area contributed by atoms with Crippen molar-refractivity contribution in [3.05, 3.63) is 40.4 Å². The van der Waals surface area contributed by atoms with Crippen molar-refractivity contribution < 1.29 is 8.78 Å². The SMILES string of the molecule is Cc1nc(-c2ccc(F)cc2F)sc1CNC(C)(C)C. The third-order valence-electron chi connectivity index (χ3n) is 2.83. The van der Waals surface area contributed by atoms with Crippen molar-refractivity contribution in [3.63, 3.8) is 0 Å². The number of rotatable bonds is 3. The van der Waals surface area contributed by atoms with Crippen LogP contribution in [0.2, 0.25) is 0 Å². The van der Waals surface area contributed by atoms with Gasteiger partial charge in [-0.15, -0.1) is 11.3 Å². The molecule has 20 heavy (non-hydrogen) atoms. The first kappa shape index (κ1) is 15.1. The lowest BCUT2D eigenvalue weighted by Gasteiger charge is -2.19. The molecule has 0 atom stereocenters. The Morgan fingerprint density at radius 3 is 2.55 bits per heavy atom. The molecule has 0 saturated heterocycles. The first-order chi connectivity index (χ1) is 9.26. The standard InChI is InChI=1S/C15H18F2N2S/c1-9-13(8-18-15(2,3)4)20-14(19-9)11-6-5-10(16)7-12(11)17/h5-7,18H,8H2,1-4H3. The summed E-state index contributed by atoms with van der Waals surface area (Å²) >= 11 is 1.44. The minimum Gasteiger partial charge on any atom is -0.307 e. The van der Waals surface area contributed by atoms with Crippen LogP contribution in [0.4, 0.5) is 8.78 Å². The van der Waals surface area contributed by atoms with E-state index in [9.17, 15) is 8.78 Å². The van der Waals surface area contributed by atoms with E-state index in [-0.39, 0.29) is 5.54 Å². The van der Waals surface area contributed by atoms with E-state index in [4.69, 9.17) is 0 Å². The highest BCUT2D eigenvalue weighted by Gasteiger charge is 2.15. The van der Waals surface area contributed by atoms with E-state index in [2.05, 4.69) is 31.1 Å². The van der Waals surface area contributed by atoms with E-state index in [0.717, 1.165) is 16.6 Å². The molecule has 2 nitrogen and oxygen atoms in total. The number of nitrogens with zero attached hydrogens (tertiary/aromatic N) is 1. The molecule has 0 aliphatic rings. The van der Waals surface area contributed by atoms with Gasteiger partial charge in [0.15, 0.2) is 0 Å². The van der Waals surface area contributed by atoms with Gasteiger partial charge >= 0.3 is 0 Å². The molecular formula is C15H18F2N2S. The fraction of sp³-hybridized carbons (Fsp3) is 0.400. The van der Waals surface area contributed by atoms with Gasteiger partial charge in [-0.2, -0.15) is 0 Å². The van der Waals surface area contributed by atoms with Gasteiger partial charge in [0.1, 0.15) is 16.6 Å². The Labute approximate surface area is 121 Å². The van der Waals surface area contributed by atoms with Gasteiger partial charge in [-0.1, -0.05) is 0 Å². The van der Waals surface area contributed by atoms with Gasteiger partial charge in [0.05, 0.1) is 5.69 Å². The fourth-order valence-corrected chi connectivity index (χ4v) is 2.74. The predicted molar refractivity (Wildman–Crippen MR) is 78.8 cm³/mol. The Kier molecular flexibility index (Phi) is 4.20. The van der Waals surface area contributed by atoms with Gasteiger partial charge in [-0.3, -0.25) is 0 Å². The highest BCUT2D eigenvalue weighted by molar-refractivity contribution is 7.15. The second-order valence-corrected chi connectivity index (χ2v) is 6.84. The molecule has 0 unspecified atom stereocenters. The quantitative estimate of drug-likeness (QED) is 0.914. The average molecular weight is 296 g/mol. The van der Waals surface area contributed by atoms with Crippen molar-refractivity contribution in [2.24, 2.45) is 0 Å². The highest BCUT2D eigenvalue weighted by Crippen LogP contribution is 2.30. The number of benzene rings is 1. The van der Waals surface area contributed by atoms with E-state index >= 15 is 0 Å². The van der Waals surface area contributed by atoms with Crippen LogP contribution in [0, 0.1) is 18.6 Å². The van der Waals surface area contributed by atoms with Crippen molar-refractivity contribution in [2.75, 3.05) is 0 Å². The summed E-state index contributed by atoms with van der Waals surface area (Å²) in [7, 11) is 0. The predicted octanol–water partition coefficient (Wildman–Crippen LogP) is 4.28. The molecule has 1 aromatic carbocycles. The molecule has 0 radical (unpaired) electrons. The summed E-state index contributed by atoms with van der Waals surface area (Å²) in [6.45, 7) is 8.86. The number of nitrogens with one attached hydrogen (secondary N) is 1. The summed E-state index contributed by atoms with van der Waals surface area (Å²) in [5.41, 5.74) is 1.24. The summed E-state index contributed by atoms with van der Waals surface area (Å²) in [4.78, 5) is 5.46. The largest absolute Gasteiger partial charge is 0.307 e. The molecule has 0 amide bonds. The molecule has 0 bridgehead atoms. The van der Waals surface area contributed by atoms with Gasteiger partial charge in [0.2, 0.25) is 0 Å². The molecule has 0 saturated carbocycles. The van der Waals surface area contributed by atoms with Crippen molar-refractivity contribution in [1.29, 1.82) is 0 Å². The second-order valence-electron chi connectivity index (χ2n) is 5.76. The van der Waals surface area contributed by atoms with Crippen LogP contribution in [0.1, 0.15) is 31.3 Å². The first-order valence-corrected chi connectivity index (χ1v) is 7.25. The van der Waals surface area contributed by atoms with Crippen LogP contribution in [-0.2, 0) is 6.54 Å². The summed E-state index contributed by atoms with van der Waals surface area (Å²) in [6, 6.07) is 3.57. The van der Waals surface area contributed by atoms with E-state index in [1.165, 1.54) is 23.5 Å². The van der Waals surface area contributed by atoms with Crippen LogP contribution in [0.5, 0.6) is 0 Å². The lowest BCUT2D eigenvalue weighted by molar-refractivity contribution is 0.425. The lowest BCUT2D eigenvalue weighted by Crippen LogP contribution is -2.34. The summed E-state index contributed by atoms with van der Waals surface area (Å²) in [5.74, 6) is -1.15. The maximum Gasteiger partial charge on any atom is 0.136 e. The Morgan fingerprint density at radius 2 is 1.95 bits per heavy atom. The molecule has 0 spiro atoms. The van der Waals surface area contributed by atoms with Gasteiger partial charge < -0.3 is 5.32 Å². The smallest absolute Gasteiger partial charge is 0.136 e. The minimum atomic E-state index is -0.575. The average Bonchev–Trinajstić information content (AvgIpc) is 2.67. The van der Waals surface area contributed by atoms with E-state index in [1.807, 2.05) is 6.92 Å². The Morgan fingerprint density at radius 1 is 1.25 bits per heavy atom. The third kappa shape index (κ3) is 3.61. The molecule has 0 fully saturated rings. The maximum atomic E-state index is 13.8.